The van der Waals surface area contributed by atoms with Crippen LogP contribution >= 0.6 is 11.8 Å². The molecular weight excluding hydrogens is 206 g/mol. The van der Waals surface area contributed by atoms with Gasteiger partial charge in [0.2, 0.25) is 0 Å². The summed E-state index contributed by atoms with van der Waals surface area (Å²) in [4.78, 5) is 1.16. The molecule has 1 atom stereocenters. The van der Waals surface area contributed by atoms with Gasteiger partial charge in [0.1, 0.15) is 0 Å². The molecule has 78 valence electrons. The summed E-state index contributed by atoms with van der Waals surface area (Å²) in [5, 5.41) is 8.76. The molecule has 0 saturated carbocycles. The minimum atomic E-state index is 0.403. The highest BCUT2D eigenvalue weighted by atomic mass is 32.2. The highest BCUT2D eigenvalue weighted by molar-refractivity contribution is 7.99. The monoisotopic (exact) mass is 219 g/mol. The van der Waals surface area contributed by atoms with Crippen molar-refractivity contribution in [1.82, 2.24) is 0 Å². The van der Waals surface area contributed by atoms with Crippen LogP contribution in [-0.4, -0.2) is 18.5 Å². The van der Waals surface area contributed by atoms with Crippen LogP contribution in [0, 0.1) is 11.3 Å². The predicted octanol–water partition coefficient (Wildman–Crippen LogP) is 2.83. The van der Waals surface area contributed by atoms with Gasteiger partial charge in [-0.05, 0) is 31.0 Å². The first-order valence-corrected chi connectivity index (χ1v) is 6.11. The summed E-state index contributed by atoms with van der Waals surface area (Å²) in [5.74, 6) is 0.995. The Labute approximate surface area is 94.2 Å². The molecule has 1 aliphatic heterocycles. The molecule has 1 aromatic carbocycles. The van der Waals surface area contributed by atoms with Gasteiger partial charge in [-0.15, -0.1) is 11.8 Å². The van der Waals surface area contributed by atoms with E-state index in [-0.39, 0.29) is 0 Å². The van der Waals surface area contributed by atoms with E-state index in [1.807, 2.05) is 24.3 Å². The Morgan fingerprint density at radius 3 is 3.20 bits per heavy atom. The lowest BCUT2D eigenvalue weighted by Crippen LogP contribution is -2.07. The first-order chi connectivity index (χ1) is 7.38. The summed E-state index contributed by atoms with van der Waals surface area (Å²) in [6.07, 6.45) is 2.76. The number of rotatable bonds is 3. The van der Waals surface area contributed by atoms with Crippen LogP contribution in [0.15, 0.2) is 29.2 Å². The second-order valence-electron chi connectivity index (χ2n) is 3.59. The van der Waals surface area contributed by atoms with Crippen molar-refractivity contribution in [2.24, 2.45) is 0 Å². The number of benzene rings is 1. The third kappa shape index (κ3) is 2.98. The molecule has 1 heterocycles. The van der Waals surface area contributed by atoms with Crippen LogP contribution in [0.5, 0.6) is 0 Å². The summed E-state index contributed by atoms with van der Waals surface area (Å²) >= 11 is 1.77. The molecule has 0 N–H and O–H groups in total. The minimum absolute atomic E-state index is 0.403. The van der Waals surface area contributed by atoms with E-state index < -0.39 is 0 Å². The van der Waals surface area contributed by atoms with E-state index in [2.05, 4.69) is 6.07 Å². The number of hydrogen-bond acceptors (Lipinski definition) is 3. The maximum Gasteiger partial charge on any atom is 0.0992 e. The van der Waals surface area contributed by atoms with E-state index in [1.165, 1.54) is 12.8 Å². The van der Waals surface area contributed by atoms with Crippen molar-refractivity contribution >= 4 is 11.8 Å². The molecule has 0 radical (unpaired) electrons. The topological polar surface area (TPSA) is 33.0 Å². The summed E-state index contributed by atoms with van der Waals surface area (Å²) in [7, 11) is 0. The van der Waals surface area contributed by atoms with Crippen LogP contribution in [0.2, 0.25) is 0 Å². The number of nitrogens with zero attached hydrogens (tertiary/aromatic N) is 1. The Kier molecular flexibility index (Phi) is 3.65. The first-order valence-electron chi connectivity index (χ1n) is 5.13. The summed E-state index contributed by atoms with van der Waals surface area (Å²) < 4.78 is 5.55. The molecule has 2 rings (SSSR count). The van der Waals surface area contributed by atoms with Crippen molar-refractivity contribution < 1.29 is 4.74 Å². The van der Waals surface area contributed by atoms with Gasteiger partial charge in [0, 0.05) is 17.3 Å². The average Bonchev–Trinajstić information content (AvgIpc) is 2.79. The lowest BCUT2D eigenvalue weighted by atomic mass is 10.2. The fourth-order valence-electron chi connectivity index (χ4n) is 1.62. The van der Waals surface area contributed by atoms with Gasteiger partial charge in [-0.25, -0.2) is 0 Å². The third-order valence-corrected chi connectivity index (χ3v) is 3.55. The Balaban J connectivity index is 1.90. The van der Waals surface area contributed by atoms with Gasteiger partial charge in [0.15, 0.2) is 0 Å². The smallest absolute Gasteiger partial charge is 0.0992 e. The zero-order valence-electron chi connectivity index (χ0n) is 8.48. The zero-order chi connectivity index (χ0) is 10.5. The van der Waals surface area contributed by atoms with Crippen LogP contribution < -0.4 is 0 Å². The standard InChI is InChI=1S/C12H13NOS/c13-8-10-3-1-5-12(7-10)15-9-11-4-2-6-14-11/h1,3,5,7,11H,2,4,6,9H2. The highest BCUT2D eigenvalue weighted by Gasteiger charge is 2.15. The molecule has 1 fully saturated rings. The van der Waals surface area contributed by atoms with Gasteiger partial charge >= 0.3 is 0 Å². The maximum absolute atomic E-state index is 8.76. The number of ether oxygens (including phenoxy) is 1. The van der Waals surface area contributed by atoms with Gasteiger partial charge in [-0.2, -0.15) is 5.26 Å². The molecule has 3 heteroatoms. The Bertz CT molecular complexity index is 366. The minimum Gasteiger partial charge on any atom is -0.377 e. The number of hydrogen-bond donors (Lipinski definition) is 0. The highest BCUT2D eigenvalue weighted by Crippen LogP contribution is 2.24. The third-order valence-electron chi connectivity index (χ3n) is 2.42. The van der Waals surface area contributed by atoms with Crippen molar-refractivity contribution in [3.63, 3.8) is 0 Å². The van der Waals surface area contributed by atoms with Crippen LogP contribution in [0.3, 0.4) is 0 Å². The van der Waals surface area contributed by atoms with Crippen molar-refractivity contribution in [2.75, 3.05) is 12.4 Å². The summed E-state index contributed by atoms with van der Waals surface area (Å²) in [6, 6.07) is 9.88. The number of thioether (sulfide) groups is 1. The molecule has 2 nitrogen and oxygen atoms in total. The average molecular weight is 219 g/mol. The molecule has 1 aromatic rings. The Morgan fingerprint density at radius 1 is 1.53 bits per heavy atom. The molecule has 0 spiro atoms. The van der Waals surface area contributed by atoms with E-state index in [0.717, 1.165) is 22.8 Å². The summed E-state index contributed by atoms with van der Waals surface area (Å²) in [6.45, 7) is 0.906. The molecule has 1 aliphatic rings. The molecule has 1 saturated heterocycles. The SMILES string of the molecule is N#Cc1cccc(SCC2CCCO2)c1. The van der Waals surface area contributed by atoms with Crippen LogP contribution in [-0.2, 0) is 4.74 Å². The zero-order valence-corrected chi connectivity index (χ0v) is 9.30. The number of nitriles is 1. The van der Waals surface area contributed by atoms with Gasteiger partial charge in [-0.1, -0.05) is 6.07 Å². The van der Waals surface area contributed by atoms with E-state index in [9.17, 15) is 0 Å². The van der Waals surface area contributed by atoms with Crippen molar-refractivity contribution in [2.45, 2.75) is 23.8 Å². The van der Waals surface area contributed by atoms with E-state index in [0.29, 0.717) is 6.10 Å². The fourth-order valence-corrected chi connectivity index (χ4v) is 2.65. The Hall–Kier alpha value is -0.980. The normalized spacial score (nSPS) is 20.1. The summed E-state index contributed by atoms with van der Waals surface area (Å²) in [5.41, 5.74) is 0.729. The first kappa shape index (κ1) is 10.5. The molecule has 1 unspecified atom stereocenters. The van der Waals surface area contributed by atoms with Crippen LogP contribution in [0.4, 0.5) is 0 Å². The van der Waals surface area contributed by atoms with Crippen LogP contribution in [0.1, 0.15) is 18.4 Å². The predicted molar refractivity (Wildman–Crippen MR) is 60.9 cm³/mol. The second kappa shape index (κ2) is 5.20. The molecule has 0 bridgehead atoms. The second-order valence-corrected chi connectivity index (χ2v) is 4.68. The van der Waals surface area contributed by atoms with Crippen molar-refractivity contribution in [1.29, 1.82) is 5.26 Å². The van der Waals surface area contributed by atoms with Gasteiger partial charge in [0.25, 0.3) is 0 Å². The lowest BCUT2D eigenvalue weighted by Gasteiger charge is -2.08. The van der Waals surface area contributed by atoms with E-state index >= 15 is 0 Å². The van der Waals surface area contributed by atoms with Gasteiger partial charge < -0.3 is 4.74 Å². The van der Waals surface area contributed by atoms with Crippen molar-refractivity contribution in [3.8, 4) is 6.07 Å². The van der Waals surface area contributed by atoms with Crippen LogP contribution in [0.25, 0.3) is 0 Å². The fraction of sp³-hybridized carbons (Fsp3) is 0.417. The largest absolute Gasteiger partial charge is 0.377 e. The van der Waals surface area contributed by atoms with Gasteiger partial charge in [0.05, 0.1) is 17.7 Å². The van der Waals surface area contributed by atoms with Gasteiger partial charge in [-0.3, -0.25) is 0 Å². The Morgan fingerprint density at radius 2 is 2.47 bits per heavy atom. The quantitative estimate of drug-likeness (QED) is 0.733. The molecule has 0 aliphatic carbocycles. The van der Waals surface area contributed by atoms with E-state index in [1.54, 1.807) is 11.8 Å². The molecule has 15 heavy (non-hydrogen) atoms. The van der Waals surface area contributed by atoms with Crippen molar-refractivity contribution in [3.05, 3.63) is 29.8 Å². The molecule has 0 aromatic heterocycles. The maximum atomic E-state index is 8.76. The molecular formula is C12H13NOS. The van der Waals surface area contributed by atoms with E-state index in [4.69, 9.17) is 10.00 Å². The molecule has 0 amide bonds. The lowest BCUT2D eigenvalue weighted by molar-refractivity contribution is 0.129.